The van der Waals surface area contributed by atoms with Crippen LogP contribution in [-0.4, -0.2) is 0 Å². The first-order valence-electron chi connectivity index (χ1n) is 6.20. The smallest absolute Gasteiger partial charge is 0.184 e. The molecule has 2 nitrogen and oxygen atoms in total. The number of benzene rings is 2. The summed E-state index contributed by atoms with van der Waals surface area (Å²) < 4.78 is 0. The van der Waals surface area contributed by atoms with Crippen molar-refractivity contribution in [3.63, 3.8) is 0 Å². The number of hydrogen-bond acceptors (Lipinski definition) is 2. The van der Waals surface area contributed by atoms with Crippen molar-refractivity contribution >= 4 is 17.7 Å². The molecular formula is C16H11ClO2. The summed E-state index contributed by atoms with van der Waals surface area (Å²) in [6.07, 6.45) is 2.97. The Morgan fingerprint density at radius 1 is 1.00 bits per heavy atom. The minimum absolute atomic E-state index is 0.629. The summed E-state index contributed by atoms with van der Waals surface area (Å²) in [4.78, 5) is 10.6. The number of halogens is 1. The van der Waals surface area contributed by atoms with Crippen LogP contribution in [0.25, 0.3) is 6.08 Å². The van der Waals surface area contributed by atoms with Crippen molar-refractivity contribution < 1.29 is 9.78 Å². The lowest BCUT2D eigenvalue weighted by Crippen LogP contribution is -2.05. The quantitative estimate of drug-likeness (QED) is 0.576. The molecule has 1 spiro atoms. The van der Waals surface area contributed by atoms with Crippen LogP contribution in [0.3, 0.4) is 0 Å². The van der Waals surface area contributed by atoms with Crippen LogP contribution in [0.2, 0.25) is 5.02 Å². The molecule has 0 bridgehead atoms. The zero-order chi connectivity index (χ0) is 12.9. The Labute approximate surface area is 116 Å². The highest BCUT2D eigenvalue weighted by atomic mass is 35.5. The topological polar surface area (TPSA) is 25.1 Å². The lowest BCUT2D eigenvalue weighted by atomic mass is 10.0. The van der Waals surface area contributed by atoms with E-state index in [4.69, 9.17) is 21.4 Å². The Balaban J connectivity index is 1.77. The van der Waals surface area contributed by atoms with Gasteiger partial charge in [0.25, 0.3) is 5.79 Å². The van der Waals surface area contributed by atoms with E-state index in [0.717, 1.165) is 28.1 Å². The van der Waals surface area contributed by atoms with E-state index in [1.54, 1.807) is 0 Å². The largest absolute Gasteiger partial charge is 0.281 e. The molecule has 0 amide bonds. The molecular weight excluding hydrogens is 260 g/mol. The second kappa shape index (κ2) is 3.94. The van der Waals surface area contributed by atoms with Gasteiger partial charge in [0.2, 0.25) is 0 Å². The molecule has 1 aliphatic heterocycles. The third-order valence-corrected chi connectivity index (χ3v) is 3.89. The Bertz CT molecular complexity index is 669. The zero-order valence-electron chi connectivity index (χ0n) is 10.1. The van der Waals surface area contributed by atoms with E-state index < -0.39 is 5.79 Å². The molecule has 0 saturated carbocycles. The first-order chi connectivity index (χ1) is 9.28. The van der Waals surface area contributed by atoms with Crippen molar-refractivity contribution in [3.05, 3.63) is 75.8 Å². The van der Waals surface area contributed by atoms with Crippen molar-refractivity contribution in [2.24, 2.45) is 0 Å². The Kier molecular flexibility index (Phi) is 2.33. The van der Waals surface area contributed by atoms with Gasteiger partial charge >= 0.3 is 0 Å². The Morgan fingerprint density at radius 2 is 1.74 bits per heavy atom. The number of hydrogen-bond donors (Lipinski definition) is 0. The summed E-state index contributed by atoms with van der Waals surface area (Å²) in [7, 11) is 0. The Morgan fingerprint density at radius 3 is 2.47 bits per heavy atom. The van der Waals surface area contributed by atoms with Crippen LogP contribution in [0.5, 0.6) is 0 Å². The van der Waals surface area contributed by atoms with Gasteiger partial charge in [-0.05, 0) is 35.8 Å². The van der Waals surface area contributed by atoms with Gasteiger partial charge in [0, 0.05) is 16.2 Å². The van der Waals surface area contributed by atoms with Crippen molar-refractivity contribution in [1.82, 2.24) is 0 Å². The Hall–Kier alpha value is -1.61. The van der Waals surface area contributed by atoms with Crippen molar-refractivity contribution in [2.45, 2.75) is 12.2 Å². The maximum Gasteiger partial charge on any atom is 0.281 e. The molecule has 1 saturated heterocycles. The van der Waals surface area contributed by atoms with Crippen LogP contribution < -0.4 is 0 Å². The fraction of sp³-hybridized carbons (Fsp3) is 0.125. The molecule has 4 rings (SSSR count). The average Bonchev–Trinajstić information content (AvgIpc) is 3.16. The minimum atomic E-state index is -0.629. The molecule has 1 aliphatic carbocycles. The molecule has 0 radical (unpaired) electrons. The highest BCUT2D eigenvalue weighted by Gasteiger charge is 2.58. The predicted octanol–water partition coefficient (Wildman–Crippen LogP) is 4.09. The monoisotopic (exact) mass is 270 g/mol. The highest BCUT2D eigenvalue weighted by molar-refractivity contribution is 6.30. The van der Waals surface area contributed by atoms with Crippen LogP contribution >= 0.6 is 11.6 Å². The zero-order valence-corrected chi connectivity index (χ0v) is 10.9. The molecule has 2 aliphatic rings. The molecule has 94 valence electrons. The van der Waals surface area contributed by atoms with Crippen LogP contribution in [0.4, 0.5) is 0 Å². The minimum Gasteiger partial charge on any atom is -0.184 e. The van der Waals surface area contributed by atoms with E-state index in [1.165, 1.54) is 5.56 Å². The van der Waals surface area contributed by atoms with E-state index in [2.05, 4.69) is 18.2 Å². The summed E-state index contributed by atoms with van der Waals surface area (Å²) in [5, 5.41) is 0.741. The van der Waals surface area contributed by atoms with E-state index in [0.29, 0.717) is 0 Å². The molecule has 1 fully saturated rings. The number of fused-ring (bicyclic) bond motifs is 2. The van der Waals surface area contributed by atoms with Crippen LogP contribution in [0, 0.1) is 0 Å². The molecule has 19 heavy (non-hydrogen) atoms. The fourth-order valence-electron chi connectivity index (χ4n) is 2.63. The summed E-state index contributed by atoms with van der Waals surface area (Å²) in [6, 6.07) is 16.0. The van der Waals surface area contributed by atoms with Crippen LogP contribution in [-0.2, 0) is 22.0 Å². The van der Waals surface area contributed by atoms with Gasteiger partial charge in [-0.3, -0.25) is 0 Å². The predicted molar refractivity (Wildman–Crippen MR) is 73.4 cm³/mol. The second-order valence-electron chi connectivity index (χ2n) is 4.84. The molecule has 0 atom stereocenters. The van der Waals surface area contributed by atoms with E-state index in [1.807, 2.05) is 36.4 Å². The molecule has 2 aromatic carbocycles. The van der Waals surface area contributed by atoms with Gasteiger partial charge in [0.15, 0.2) is 0 Å². The molecule has 3 heteroatoms. The third kappa shape index (κ3) is 1.72. The van der Waals surface area contributed by atoms with Crippen molar-refractivity contribution in [1.29, 1.82) is 0 Å². The van der Waals surface area contributed by atoms with Crippen molar-refractivity contribution in [3.8, 4) is 0 Å². The van der Waals surface area contributed by atoms with E-state index >= 15 is 0 Å². The van der Waals surface area contributed by atoms with Crippen molar-refractivity contribution in [2.75, 3.05) is 0 Å². The van der Waals surface area contributed by atoms with Gasteiger partial charge in [0.05, 0.1) is 0 Å². The van der Waals surface area contributed by atoms with Gasteiger partial charge in [-0.1, -0.05) is 48.0 Å². The lowest BCUT2D eigenvalue weighted by Gasteiger charge is -2.02. The summed E-state index contributed by atoms with van der Waals surface area (Å²) in [6.45, 7) is 0. The van der Waals surface area contributed by atoms with E-state index in [-0.39, 0.29) is 0 Å². The van der Waals surface area contributed by atoms with Crippen LogP contribution in [0.1, 0.15) is 16.7 Å². The van der Waals surface area contributed by atoms with Gasteiger partial charge < -0.3 is 0 Å². The average molecular weight is 271 g/mol. The maximum absolute atomic E-state index is 5.90. The highest BCUT2D eigenvalue weighted by Crippen LogP contribution is 2.54. The van der Waals surface area contributed by atoms with Gasteiger partial charge in [-0.15, -0.1) is 0 Å². The maximum atomic E-state index is 5.90. The summed E-state index contributed by atoms with van der Waals surface area (Å²) >= 11 is 5.90. The van der Waals surface area contributed by atoms with Crippen LogP contribution in [0.15, 0.2) is 54.1 Å². The third-order valence-electron chi connectivity index (χ3n) is 3.64. The SMILES string of the molecule is Clc1ccc(C=C2Cc3ccccc3C23OO3)cc1. The standard InChI is InChI=1S/C16H11ClO2/c17-14-7-5-11(6-8-14)9-13-10-12-3-1-2-4-15(12)16(13)18-19-16/h1-9H,10H2. The molecule has 1 heterocycles. The molecule has 0 N–H and O–H groups in total. The fourth-order valence-corrected chi connectivity index (χ4v) is 2.76. The first-order valence-corrected chi connectivity index (χ1v) is 6.58. The lowest BCUT2D eigenvalue weighted by molar-refractivity contribution is 0.0850. The normalized spacial score (nSPS) is 20.8. The molecule has 0 unspecified atom stereocenters. The van der Waals surface area contributed by atoms with Gasteiger partial charge in [-0.2, -0.15) is 9.78 Å². The molecule has 0 aromatic heterocycles. The summed E-state index contributed by atoms with van der Waals surface area (Å²) in [5.74, 6) is -0.629. The number of rotatable bonds is 1. The van der Waals surface area contributed by atoms with E-state index in [9.17, 15) is 0 Å². The van der Waals surface area contributed by atoms with Gasteiger partial charge in [-0.25, -0.2) is 0 Å². The first kappa shape index (κ1) is 11.2. The second-order valence-corrected chi connectivity index (χ2v) is 5.27. The summed E-state index contributed by atoms with van der Waals surface area (Å²) in [5.41, 5.74) is 4.62. The van der Waals surface area contributed by atoms with Gasteiger partial charge in [0.1, 0.15) is 0 Å². The molecule has 2 aromatic rings.